The van der Waals surface area contributed by atoms with E-state index >= 15 is 4.79 Å². The summed E-state index contributed by atoms with van der Waals surface area (Å²) >= 11 is 0. The van der Waals surface area contributed by atoms with Crippen LogP contribution in [0.1, 0.15) is 42.0 Å². The summed E-state index contributed by atoms with van der Waals surface area (Å²) in [5.74, 6) is 0.123. The summed E-state index contributed by atoms with van der Waals surface area (Å²) in [6, 6.07) is 29.7. The molecule has 4 heterocycles. The van der Waals surface area contributed by atoms with Crippen molar-refractivity contribution in [1.29, 1.82) is 0 Å². The van der Waals surface area contributed by atoms with Crippen molar-refractivity contribution < 1.29 is 29.0 Å². The molecule has 0 bridgehead atoms. The van der Waals surface area contributed by atoms with Gasteiger partial charge in [-0.25, -0.2) is 0 Å². The monoisotopic (exact) mass is 755 g/mol. The van der Waals surface area contributed by atoms with Crippen molar-refractivity contribution in [3.63, 3.8) is 0 Å². The number of hydrogen-bond donors (Lipinski definition) is 1. The van der Waals surface area contributed by atoms with E-state index in [1.807, 2.05) is 66.7 Å². The van der Waals surface area contributed by atoms with Crippen LogP contribution in [0.25, 0.3) is 0 Å². The van der Waals surface area contributed by atoms with Gasteiger partial charge in [0.1, 0.15) is 5.75 Å². The van der Waals surface area contributed by atoms with Crippen molar-refractivity contribution in [3.05, 3.63) is 126 Å². The average molecular weight is 756 g/mol. The topological polar surface area (TPSA) is 99.6 Å². The van der Waals surface area contributed by atoms with Gasteiger partial charge >= 0.3 is 0 Å². The van der Waals surface area contributed by atoms with Crippen LogP contribution < -0.4 is 19.7 Å². The van der Waals surface area contributed by atoms with Gasteiger partial charge in [0.15, 0.2) is 5.60 Å². The molecule has 0 aromatic heterocycles. The summed E-state index contributed by atoms with van der Waals surface area (Å²) in [6.45, 7) is 11.2. The van der Waals surface area contributed by atoms with E-state index in [1.54, 1.807) is 27.9 Å². The molecule has 284 valence electrons. The smallest absolute Gasteiger partial charge is 0.264 e. The van der Waals surface area contributed by atoms with Crippen LogP contribution in [0, 0.1) is 5.92 Å². The van der Waals surface area contributed by atoms with Crippen molar-refractivity contribution in [3.8, 4) is 5.75 Å². The van der Waals surface area contributed by atoms with Crippen molar-refractivity contribution >= 4 is 48.0 Å². The van der Waals surface area contributed by atoms with Gasteiger partial charge in [-0.15, -0.1) is 6.58 Å². The number of aliphatic hydroxyl groups is 1. The summed E-state index contributed by atoms with van der Waals surface area (Å²) in [4.78, 5) is 48.7. The maximum atomic E-state index is 15.1. The number of ether oxygens (including phenoxy) is 2. The standard InChI is InChI=1S/C45H49N3O6Si/c1-6-23-46-39-21-16-33(48-38-14-10-9-11-30(38)15-22-41(48)50)25-37(39)45(44(46)52)29(2)43(55(4,5)36-19-17-35(53-3)18-20-36)40(54-45)26-42(51)47-27-32-13-8-7-12-31(32)24-34(47)28-49/h6-14,16-21,25,29,34,40,43,49H,1,15,22-24,26-28H2,2-5H3/t29-,34+,40+,43-,45+/m1/s1. The van der Waals surface area contributed by atoms with Gasteiger partial charge in [-0.1, -0.05) is 85.9 Å². The fourth-order valence-corrected chi connectivity index (χ4v) is 14.0. The number of rotatable bonds is 9. The molecule has 10 heteroatoms. The Morgan fingerprint density at radius 2 is 1.67 bits per heavy atom. The highest BCUT2D eigenvalue weighted by Crippen LogP contribution is 2.60. The lowest BCUT2D eigenvalue weighted by molar-refractivity contribution is -0.150. The molecule has 0 radical (unpaired) electrons. The van der Waals surface area contributed by atoms with E-state index in [-0.39, 0.29) is 54.8 Å². The van der Waals surface area contributed by atoms with E-state index in [0.717, 1.165) is 33.8 Å². The van der Waals surface area contributed by atoms with Gasteiger partial charge in [0.25, 0.3) is 5.91 Å². The Balaban J connectivity index is 1.24. The lowest BCUT2D eigenvalue weighted by Crippen LogP contribution is -2.52. The molecule has 0 unspecified atom stereocenters. The van der Waals surface area contributed by atoms with Crippen LogP contribution in [-0.2, 0) is 44.1 Å². The molecule has 4 aromatic carbocycles. The second-order valence-electron chi connectivity index (χ2n) is 16.0. The van der Waals surface area contributed by atoms with Crippen LogP contribution in [0.3, 0.4) is 0 Å². The highest BCUT2D eigenvalue weighted by Gasteiger charge is 2.66. The Kier molecular flexibility index (Phi) is 9.55. The van der Waals surface area contributed by atoms with Gasteiger partial charge in [0.05, 0.1) is 51.7 Å². The minimum absolute atomic E-state index is 0.00343. The number of carbonyl (C=O) groups excluding carboxylic acids is 3. The Morgan fingerprint density at radius 1 is 0.964 bits per heavy atom. The molecule has 5 atom stereocenters. The third-order valence-electron chi connectivity index (χ3n) is 12.7. The van der Waals surface area contributed by atoms with Gasteiger partial charge in [0.2, 0.25) is 11.8 Å². The molecule has 3 amide bonds. The fourth-order valence-electron chi connectivity index (χ4n) is 9.99. The molecule has 1 saturated heterocycles. The molecule has 4 aliphatic rings. The molecule has 9 nitrogen and oxygen atoms in total. The summed E-state index contributed by atoms with van der Waals surface area (Å²) in [5.41, 5.74) is 4.68. The molecule has 0 saturated carbocycles. The summed E-state index contributed by atoms with van der Waals surface area (Å²) in [6.07, 6.45) is 2.80. The average Bonchev–Trinajstić information content (AvgIpc) is 3.62. The molecule has 0 aliphatic carbocycles. The maximum Gasteiger partial charge on any atom is 0.264 e. The summed E-state index contributed by atoms with van der Waals surface area (Å²) < 4.78 is 12.8. The highest BCUT2D eigenvalue weighted by molar-refractivity contribution is 6.91. The minimum atomic E-state index is -2.55. The second kappa shape index (κ2) is 14.2. The highest BCUT2D eigenvalue weighted by atomic mass is 28.3. The first kappa shape index (κ1) is 36.9. The van der Waals surface area contributed by atoms with Crippen LogP contribution in [0.5, 0.6) is 5.75 Å². The van der Waals surface area contributed by atoms with Gasteiger partial charge in [-0.05, 0) is 71.5 Å². The Hall–Kier alpha value is -5.03. The molecule has 1 spiro atoms. The second-order valence-corrected chi connectivity index (χ2v) is 20.6. The first-order chi connectivity index (χ1) is 26.5. The van der Waals surface area contributed by atoms with Crippen LogP contribution in [0.15, 0.2) is 104 Å². The molecule has 4 aliphatic heterocycles. The van der Waals surface area contributed by atoms with E-state index in [9.17, 15) is 14.7 Å². The number of anilines is 3. The summed E-state index contributed by atoms with van der Waals surface area (Å²) in [5, 5.41) is 11.7. The zero-order chi connectivity index (χ0) is 38.6. The third kappa shape index (κ3) is 5.93. The van der Waals surface area contributed by atoms with Crippen molar-refractivity contribution in [2.75, 3.05) is 30.1 Å². The first-order valence-corrected chi connectivity index (χ1v) is 22.4. The Bertz CT molecular complexity index is 2170. The number of benzene rings is 4. The normalized spacial score (nSPS) is 24.5. The quantitative estimate of drug-likeness (QED) is 0.157. The Labute approximate surface area is 324 Å². The number of methoxy groups -OCH3 is 1. The number of fused-ring (bicyclic) bond motifs is 4. The van der Waals surface area contributed by atoms with E-state index < -0.39 is 19.8 Å². The van der Waals surface area contributed by atoms with E-state index in [2.05, 4.69) is 50.9 Å². The number of aryl methyl sites for hydroxylation is 1. The van der Waals surface area contributed by atoms with Gasteiger partial charge in [-0.2, -0.15) is 0 Å². The number of hydrogen-bond acceptors (Lipinski definition) is 6. The first-order valence-electron chi connectivity index (χ1n) is 19.3. The lowest BCUT2D eigenvalue weighted by Gasteiger charge is -2.39. The van der Waals surface area contributed by atoms with Crippen LogP contribution >= 0.6 is 0 Å². The van der Waals surface area contributed by atoms with Crippen LogP contribution in [0.2, 0.25) is 18.6 Å². The number of aliphatic hydroxyl groups excluding tert-OH is 1. The summed E-state index contributed by atoms with van der Waals surface area (Å²) in [7, 11) is -0.903. The van der Waals surface area contributed by atoms with Crippen LogP contribution in [0.4, 0.5) is 17.1 Å². The number of carbonyl (C=O) groups is 3. The fraction of sp³-hybridized carbons (Fsp3) is 0.356. The molecular weight excluding hydrogens is 707 g/mol. The van der Waals surface area contributed by atoms with E-state index in [1.165, 1.54) is 5.19 Å². The zero-order valence-electron chi connectivity index (χ0n) is 32.0. The SMILES string of the molecule is C=CCN1C(=O)[C@@]2(O[C@@H](CC(=O)N3Cc4ccccc4C[C@H]3CO)[C@H]([Si](C)(C)c3ccc(OC)cc3)[C@H]2C)c2cc(N3C(=O)CCc4ccccc43)ccc21. The van der Waals surface area contributed by atoms with E-state index in [0.29, 0.717) is 37.1 Å². The predicted molar refractivity (Wildman–Crippen MR) is 217 cm³/mol. The molecule has 55 heavy (non-hydrogen) atoms. The number of para-hydroxylation sites is 1. The largest absolute Gasteiger partial charge is 0.497 e. The van der Waals surface area contributed by atoms with Gasteiger partial charge < -0.3 is 24.4 Å². The molecule has 1 N–H and O–H groups in total. The van der Waals surface area contributed by atoms with Crippen molar-refractivity contribution in [2.24, 2.45) is 5.92 Å². The van der Waals surface area contributed by atoms with Gasteiger partial charge in [0, 0.05) is 36.7 Å². The van der Waals surface area contributed by atoms with Crippen molar-refractivity contribution in [2.45, 2.75) is 75.5 Å². The zero-order valence-corrected chi connectivity index (χ0v) is 33.0. The minimum Gasteiger partial charge on any atom is -0.497 e. The predicted octanol–water partition coefficient (Wildman–Crippen LogP) is 6.39. The lowest BCUT2D eigenvalue weighted by atomic mass is 9.82. The molecular formula is C45H49N3O6Si. The number of amides is 3. The van der Waals surface area contributed by atoms with E-state index in [4.69, 9.17) is 9.47 Å². The third-order valence-corrected chi connectivity index (χ3v) is 17.1. The molecule has 8 rings (SSSR count). The Morgan fingerprint density at radius 3 is 2.38 bits per heavy atom. The molecule has 1 fully saturated rings. The van der Waals surface area contributed by atoms with Gasteiger partial charge in [-0.3, -0.25) is 19.3 Å². The van der Waals surface area contributed by atoms with Crippen molar-refractivity contribution in [1.82, 2.24) is 4.90 Å². The molecule has 4 aromatic rings. The number of nitrogens with zero attached hydrogens (tertiary/aromatic N) is 3. The van der Waals surface area contributed by atoms with Crippen LogP contribution in [-0.4, -0.2) is 68.2 Å². The maximum absolute atomic E-state index is 15.1.